The number of ketones is 1. The van der Waals surface area contributed by atoms with Gasteiger partial charge >= 0.3 is 0 Å². The smallest absolute Gasteiger partial charge is 0.268 e. The lowest BCUT2D eigenvalue weighted by atomic mass is 9.73. The van der Waals surface area contributed by atoms with Crippen molar-refractivity contribution < 1.29 is 9.59 Å². The van der Waals surface area contributed by atoms with Crippen LogP contribution in [0, 0.1) is 5.41 Å². The van der Waals surface area contributed by atoms with Gasteiger partial charge in [0.05, 0.1) is 0 Å². The minimum atomic E-state index is -0.407. The van der Waals surface area contributed by atoms with Gasteiger partial charge in [-0.3, -0.25) is 19.0 Å². The quantitative estimate of drug-likeness (QED) is 0.594. The van der Waals surface area contributed by atoms with Gasteiger partial charge in [-0.15, -0.1) is 0 Å². The number of para-hydroxylation sites is 1. The van der Waals surface area contributed by atoms with E-state index in [0.717, 1.165) is 12.8 Å². The van der Waals surface area contributed by atoms with Gasteiger partial charge in [0.2, 0.25) is 0 Å². The second-order valence-electron chi connectivity index (χ2n) is 9.19. The predicted molar refractivity (Wildman–Crippen MR) is 126 cm³/mol. The van der Waals surface area contributed by atoms with Crippen LogP contribution in [0.2, 0.25) is 0 Å². The molecular formula is C27H28N2O3. The van der Waals surface area contributed by atoms with Crippen molar-refractivity contribution in [1.82, 2.24) is 9.88 Å². The molecule has 4 rings (SSSR count). The third-order valence-electron chi connectivity index (χ3n) is 5.94. The van der Waals surface area contributed by atoms with E-state index in [1.165, 1.54) is 10.1 Å². The highest BCUT2D eigenvalue weighted by molar-refractivity contribution is 6.04. The third kappa shape index (κ3) is 4.57. The molecule has 1 aromatic heterocycles. The number of hydrogen-bond acceptors (Lipinski definition) is 3. The van der Waals surface area contributed by atoms with Crippen LogP contribution in [0.3, 0.4) is 0 Å². The van der Waals surface area contributed by atoms with Crippen molar-refractivity contribution in [1.29, 1.82) is 0 Å². The summed E-state index contributed by atoms with van der Waals surface area (Å²) in [6.07, 6.45) is 4.13. The van der Waals surface area contributed by atoms with Gasteiger partial charge in [0.15, 0.2) is 5.78 Å². The molecule has 164 valence electrons. The monoisotopic (exact) mass is 428 g/mol. The zero-order valence-electron chi connectivity index (χ0n) is 18.6. The number of hydrogen-bond donors (Lipinski definition) is 1. The predicted octanol–water partition coefficient (Wildman–Crippen LogP) is 4.36. The fraction of sp³-hybridized carbons (Fsp3) is 0.296. The zero-order chi connectivity index (χ0) is 22.7. The van der Waals surface area contributed by atoms with E-state index >= 15 is 0 Å². The Bertz CT molecular complexity index is 1190. The number of nitrogens with one attached hydrogen (secondary N) is 1. The molecule has 1 N–H and O–H groups in total. The maximum Gasteiger partial charge on any atom is 0.268 e. The van der Waals surface area contributed by atoms with Crippen LogP contribution < -0.4 is 10.9 Å². The highest BCUT2D eigenvalue weighted by atomic mass is 16.2. The Kier molecular flexibility index (Phi) is 6.08. The molecule has 1 amide bonds. The Morgan fingerprint density at radius 1 is 0.969 bits per heavy atom. The van der Waals surface area contributed by atoms with E-state index in [1.54, 1.807) is 18.3 Å². The summed E-state index contributed by atoms with van der Waals surface area (Å²) in [5.74, 6) is -0.436. The first kappa shape index (κ1) is 21.8. The largest absolute Gasteiger partial charge is 0.352 e. The van der Waals surface area contributed by atoms with E-state index in [0.29, 0.717) is 36.2 Å². The number of aromatic nitrogens is 1. The molecule has 2 aromatic carbocycles. The van der Waals surface area contributed by atoms with Crippen LogP contribution in [-0.4, -0.2) is 22.8 Å². The molecule has 0 spiro atoms. The van der Waals surface area contributed by atoms with E-state index in [2.05, 4.69) is 17.4 Å². The summed E-state index contributed by atoms with van der Waals surface area (Å²) in [7, 11) is 0. The molecule has 0 unspecified atom stereocenters. The first-order valence-corrected chi connectivity index (χ1v) is 11.0. The topological polar surface area (TPSA) is 68.2 Å². The molecule has 5 nitrogen and oxygen atoms in total. The number of amides is 1. The summed E-state index contributed by atoms with van der Waals surface area (Å²) < 4.78 is 1.42. The Labute approximate surface area is 188 Å². The molecule has 0 saturated heterocycles. The average molecular weight is 429 g/mol. The van der Waals surface area contributed by atoms with E-state index in [4.69, 9.17) is 0 Å². The van der Waals surface area contributed by atoms with Crippen molar-refractivity contribution in [2.75, 3.05) is 6.54 Å². The molecule has 1 heterocycles. The molecular weight excluding hydrogens is 400 g/mol. The standard InChI is InChI=1S/C27H28N2O3/c1-27(2)16-21-22(23(30)17-27)18-29(20-13-7-4-8-14-20)26(32)24(21)25(31)28-15-9-12-19-10-5-3-6-11-19/h3-8,10-11,13-14,18H,9,12,15-17H2,1-2H3,(H,28,31). The SMILES string of the molecule is CC1(C)CC(=O)c2cn(-c3ccccc3)c(=O)c(C(=O)NCCCc3ccccc3)c2C1. The van der Waals surface area contributed by atoms with Crippen molar-refractivity contribution in [3.05, 3.63) is 99.5 Å². The van der Waals surface area contributed by atoms with Crippen molar-refractivity contribution in [2.45, 2.75) is 39.5 Å². The highest BCUT2D eigenvalue weighted by Crippen LogP contribution is 2.35. The van der Waals surface area contributed by atoms with Crippen LogP contribution in [0.25, 0.3) is 5.69 Å². The van der Waals surface area contributed by atoms with Crippen LogP contribution in [0.15, 0.2) is 71.7 Å². The lowest BCUT2D eigenvalue weighted by molar-refractivity contribution is 0.0909. The number of Topliss-reactive ketones (excluding diaryl/α,β-unsaturated/α-hetero) is 1. The van der Waals surface area contributed by atoms with Crippen LogP contribution >= 0.6 is 0 Å². The molecule has 0 bridgehead atoms. The van der Waals surface area contributed by atoms with Crippen LogP contribution in [0.5, 0.6) is 0 Å². The Hall–Kier alpha value is -3.47. The summed E-state index contributed by atoms with van der Waals surface area (Å²) in [5, 5.41) is 2.92. The number of carbonyl (C=O) groups is 2. The molecule has 1 aliphatic rings. The summed E-state index contributed by atoms with van der Waals surface area (Å²) in [6, 6.07) is 19.2. The first-order valence-electron chi connectivity index (χ1n) is 11.0. The minimum absolute atomic E-state index is 0.0286. The second kappa shape index (κ2) is 8.95. The fourth-order valence-corrected chi connectivity index (χ4v) is 4.39. The van der Waals surface area contributed by atoms with Crippen molar-refractivity contribution >= 4 is 11.7 Å². The number of benzene rings is 2. The van der Waals surface area contributed by atoms with E-state index in [9.17, 15) is 14.4 Å². The highest BCUT2D eigenvalue weighted by Gasteiger charge is 2.35. The average Bonchev–Trinajstić information content (AvgIpc) is 2.77. The summed E-state index contributed by atoms with van der Waals surface area (Å²) in [6.45, 7) is 4.45. The number of aryl methyl sites for hydroxylation is 1. The molecule has 0 fully saturated rings. The second-order valence-corrected chi connectivity index (χ2v) is 9.19. The van der Waals surface area contributed by atoms with Gasteiger partial charge in [-0.1, -0.05) is 62.4 Å². The number of rotatable bonds is 6. The first-order chi connectivity index (χ1) is 15.4. The van der Waals surface area contributed by atoms with E-state index < -0.39 is 5.91 Å². The Balaban J connectivity index is 1.66. The number of carbonyl (C=O) groups excluding carboxylic acids is 2. The van der Waals surface area contributed by atoms with Crippen LogP contribution in [-0.2, 0) is 12.8 Å². The summed E-state index contributed by atoms with van der Waals surface area (Å²) in [4.78, 5) is 39.6. The van der Waals surface area contributed by atoms with Gasteiger partial charge < -0.3 is 5.32 Å². The molecule has 32 heavy (non-hydrogen) atoms. The van der Waals surface area contributed by atoms with Crippen molar-refractivity contribution in [3.8, 4) is 5.69 Å². The third-order valence-corrected chi connectivity index (χ3v) is 5.94. The van der Waals surface area contributed by atoms with Crippen LogP contribution in [0.1, 0.15) is 58.5 Å². The Morgan fingerprint density at radius 2 is 1.62 bits per heavy atom. The van der Waals surface area contributed by atoms with Gasteiger partial charge in [-0.2, -0.15) is 0 Å². The minimum Gasteiger partial charge on any atom is -0.352 e. The van der Waals surface area contributed by atoms with Gasteiger partial charge in [0.1, 0.15) is 5.56 Å². The molecule has 0 atom stereocenters. The zero-order valence-corrected chi connectivity index (χ0v) is 18.6. The van der Waals surface area contributed by atoms with Crippen molar-refractivity contribution in [3.63, 3.8) is 0 Å². The van der Waals surface area contributed by atoms with Gasteiger partial charge in [-0.05, 0) is 47.9 Å². The molecule has 0 saturated carbocycles. The fourth-order valence-electron chi connectivity index (χ4n) is 4.39. The van der Waals surface area contributed by atoms with Crippen LogP contribution in [0.4, 0.5) is 0 Å². The maximum atomic E-state index is 13.4. The van der Waals surface area contributed by atoms with Gasteiger partial charge in [0.25, 0.3) is 11.5 Å². The van der Waals surface area contributed by atoms with Crippen molar-refractivity contribution in [2.24, 2.45) is 5.41 Å². The molecule has 5 heteroatoms. The summed E-state index contributed by atoms with van der Waals surface area (Å²) in [5.41, 5.74) is 2.30. The number of nitrogens with zero attached hydrogens (tertiary/aromatic N) is 1. The molecule has 0 aliphatic heterocycles. The summed E-state index contributed by atoms with van der Waals surface area (Å²) >= 11 is 0. The number of fused-ring (bicyclic) bond motifs is 1. The van der Waals surface area contributed by atoms with E-state index in [1.807, 2.05) is 50.2 Å². The lowest BCUT2D eigenvalue weighted by Gasteiger charge is -2.31. The van der Waals surface area contributed by atoms with Gasteiger partial charge in [-0.25, -0.2) is 0 Å². The molecule has 3 aromatic rings. The maximum absolute atomic E-state index is 13.4. The lowest BCUT2D eigenvalue weighted by Crippen LogP contribution is -2.39. The molecule has 0 radical (unpaired) electrons. The van der Waals surface area contributed by atoms with Gasteiger partial charge in [0, 0.05) is 30.4 Å². The van der Waals surface area contributed by atoms with E-state index in [-0.39, 0.29) is 22.3 Å². The molecule has 1 aliphatic carbocycles. The normalized spacial score (nSPS) is 14.6. The Morgan fingerprint density at radius 3 is 2.31 bits per heavy atom. The number of pyridine rings is 1.